The van der Waals surface area contributed by atoms with Crippen molar-refractivity contribution < 1.29 is 0 Å². The molecule has 92 valence electrons. The zero-order valence-corrected chi connectivity index (χ0v) is 11.6. The van der Waals surface area contributed by atoms with Crippen LogP contribution in [0.2, 0.25) is 0 Å². The number of nitrogens with zero attached hydrogens (tertiary/aromatic N) is 2. The molecule has 0 amide bonds. The molecule has 0 aliphatic rings. The highest BCUT2D eigenvalue weighted by Gasteiger charge is 1.97. The van der Waals surface area contributed by atoms with Crippen molar-refractivity contribution in [2.75, 3.05) is 28.2 Å². The molecule has 0 saturated carbocycles. The summed E-state index contributed by atoms with van der Waals surface area (Å²) in [5, 5.41) is 0. The number of hydrogen-bond donors (Lipinski definition) is 0. The standard InChI is InChI=1S/C14H26N2/c1-7-13(9-11-15(3)4)14(8-2)10-12-16(5)6/h9-12H,7-8H2,1-6H3/b11-9-,12-10-,14-13-. The Hall–Kier alpha value is -1.18. The van der Waals surface area contributed by atoms with Crippen LogP contribution in [0.5, 0.6) is 0 Å². The van der Waals surface area contributed by atoms with E-state index in [0.29, 0.717) is 0 Å². The first-order valence-corrected chi connectivity index (χ1v) is 5.92. The fraction of sp³-hybridized carbons (Fsp3) is 0.571. The lowest BCUT2D eigenvalue weighted by molar-refractivity contribution is 0.562. The largest absolute Gasteiger partial charge is 0.383 e. The molecule has 16 heavy (non-hydrogen) atoms. The van der Waals surface area contributed by atoms with Gasteiger partial charge in [-0.1, -0.05) is 13.8 Å². The van der Waals surface area contributed by atoms with E-state index in [0.717, 1.165) is 12.8 Å². The molecule has 0 spiro atoms. The van der Waals surface area contributed by atoms with Crippen molar-refractivity contribution in [2.24, 2.45) is 0 Å². The molecule has 0 aromatic heterocycles. The quantitative estimate of drug-likeness (QED) is 0.637. The third-order valence-electron chi connectivity index (χ3n) is 2.32. The van der Waals surface area contributed by atoms with Gasteiger partial charge < -0.3 is 9.80 Å². The third kappa shape index (κ3) is 6.33. The van der Waals surface area contributed by atoms with Gasteiger partial charge in [-0.25, -0.2) is 0 Å². The monoisotopic (exact) mass is 222 g/mol. The average Bonchev–Trinajstić information content (AvgIpc) is 2.22. The SMILES string of the molecule is CCC(/C=C\N(C)C)=C(/C=C\N(C)C)CC. The minimum Gasteiger partial charge on any atom is -0.383 e. The van der Waals surface area contributed by atoms with E-state index >= 15 is 0 Å². The van der Waals surface area contributed by atoms with E-state index in [2.05, 4.69) is 48.2 Å². The smallest absolute Gasteiger partial charge is 0.00556 e. The van der Waals surface area contributed by atoms with Crippen LogP contribution in [0, 0.1) is 0 Å². The fourth-order valence-corrected chi connectivity index (χ4v) is 1.38. The van der Waals surface area contributed by atoms with Crippen LogP contribution in [0.1, 0.15) is 26.7 Å². The lowest BCUT2D eigenvalue weighted by Gasteiger charge is -2.09. The molecular weight excluding hydrogens is 196 g/mol. The fourth-order valence-electron chi connectivity index (χ4n) is 1.38. The lowest BCUT2D eigenvalue weighted by Crippen LogP contribution is -2.01. The Morgan fingerprint density at radius 1 is 0.750 bits per heavy atom. The topological polar surface area (TPSA) is 6.48 Å². The van der Waals surface area contributed by atoms with Crippen molar-refractivity contribution in [3.63, 3.8) is 0 Å². The van der Waals surface area contributed by atoms with Gasteiger partial charge >= 0.3 is 0 Å². The normalized spacial score (nSPS) is 13.4. The summed E-state index contributed by atoms with van der Waals surface area (Å²) in [7, 11) is 8.19. The second-order valence-electron chi connectivity index (χ2n) is 4.32. The summed E-state index contributed by atoms with van der Waals surface area (Å²) in [6.45, 7) is 4.41. The van der Waals surface area contributed by atoms with Gasteiger partial charge in [0.25, 0.3) is 0 Å². The van der Waals surface area contributed by atoms with Crippen LogP contribution in [-0.4, -0.2) is 38.0 Å². The maximum absolute atomic E-state index is 2.21. The Bertz CT molecular complexity index is 242. The van der Waals surface area contributed by atoms with Crippen LogP contribution >= 0.6 is 0 Å². The van der Waals surface area contributed by atoms with Gasteiger partial charge in [-0.3, -0.25) is 0 Å². The van der Waals surface area contributed by atoms with Crippen LogP contribution in [0.3, 0.4) is 0 Å². The molecule has 0 N–H and O–H groups in total. The van der Waals surface area contributed by atoms with Crippen molar-refractivity contribution in [2.45, 2.75) is 26.7 Å². The Balaban J connectivity index is 4.90. The molecule has 2 nitrogen and oxygen atoms in total. The summed E-state index contributed by atoms with van der Waals surface area (Å²) in [6, 6.07) is 0. The second kappa shape index (κ2) is 8.03. The zero-order chi connectivity index (χ0) is 12.6. The number of allylic oxidation sites excluding steroid dienone is 4. The Labute approximate surface area is 101 Å². The molecule has 0 aliphatic heterocycles. The summed E-state index contributed by atoms with van der Waals surface area (Å²) in [5.41, 5.74) is 2.82. The maximum atomic E-state index is 2.21. The molecule has 0 unspecified atom stereocenters. The molecule has 0 aromatic rings. The van der Waals surface area contributed by atoms with Gasteiger partial charge in [-0.2, -0.15) is 0 Å². The minimum absolute atomic E-state index is 1.07. The molecule has 2 heteroatoms. The highest BCUT2D eigenvalue weighted by Crippen LogP contribution is 2.15. The van der Waals surface area contributed by atoms with Crippen molar-refractivity contribution in [1.29, 1.82) is 0 Å². The van der Waals surface area contributed by atoms with E-state index in [9.17, 15) is 0 Å². The minimum atomic E-state index is 1.07. The molecule has 0 fully saturated rings. The van der Waals surface area contributed by atoms with E-state index in [1.165, 1.54) is 11.1 Å². The highest BCUT2D eigenvalue weighted by molar-refractivity contribution is 5.32. The molecule has 0 aromatic carbocycles. The van der Waals surface area contributed by atoms with Crippen molar-refractivity contribution in [3.8, 4) is 0 Å². The van der Waals surface area contributed by atoms with Crippen molar-refractivity contribution in [1.82, 2.24) is 9.80 Å². The molecule has 0 atom stereocenters. The van der Waals surface area contributed by atoms with Gasteiger partial charge in [0.05, 0.1) is 0 Å². The van der Waals surface area contributed by atoms with Crippen LogP contribution in [0.4, 0.5) is 0 Å². The Morgan fingerprint density at radius 2 is 1.06 bits per heavy atom. The van der Waals surface area contributed by atoms with Gasteiger partial charge in [0.1, 0.15) is 0 Å². The van der Waals surface area contributed by atoms with E-state index in [4.69, 9.17) is 0 Å². The third-order valence-corrected chi connectivity index (χ3v) is 2.32. The average molecular weight is 222 g/mol. The summed E-state index contributed by atoms with van der Waals surface area (Å²) >= 11 is 0. The summed E-state index contributed by atoms with van der Waals surface area (Å²) < 4.78 is 0. The van der Waals surface area contributed by atoms with Crippen molar-refractivity contribution in [3.05, 3.63) is 35.7 Å². The van der Waals surface area contributed by atoms with Gasteiger partial charge in [0.2, 0.25) is 0 Å². The van der Waals surface area contributed by atoms with Crippen LogP contribution in [0.25, 0.3) is 0 Å². The highest BCUT2D eigenvalue weighted by atomic mass is 15.0. The molecule has 0 saturated heterocycles. The molecule has 0 heterocycles. The zero-order valence-electron chi connectivity index (χ0n) is 11.6. The van der Waals surface area contributed by atoms with Gasteiger partial charge in [-0.05, 0) is 48.5 Å². The summed E-state index contributed by atoms with van der Waals surface area (Å²) in [4.78, 5) is 4.14. The predicted octanol–water partition coefficient (Wildman–Crippen LogP) is 3.25. The Kier molecular flexibility index (Phi) is 7.44. The van der Waals surface area contributed by atoms with Gasteiger partial charge in [0.15, 0.2) is 0 Å². The summed E-state index contributed by atoms with van der Waals surface area (Å²) in [6.07, 6.45) is 10.8. The van der Waals surface area contributed by atoms with E-state index in [-0.39, 0.29) is 0 Å². The van der Waals surface area contributed by atoms with E-state index in [1.54, 1.807) is 0 Å². The first-order chi connectivity index (χ1) is 7.51. The predicted molar refractivity (Wildman–Crippen MR) is 73.3 cm³/mol. The molecular formula is C14H26N2. The molecule has 0 aliphatic carbocycles. The van der Waals surface area contributed by atoms with E-state index in [1.807, 2.05) is 28.2 Å². The van der Waals surface area contributed by atoms with E-state index < -0.39 is 0 Å². The Morgan fingerprint density at radius 3 is 1.25 bits per heavy atom. The van der Waals surface area contributed by atoms with Crippen molar-refractivity contribution >= 4 is 0 Å². The van der Waals surface area contributed by atoms with Crippen LogP contribution in [-0.2, 0) is 0 Å². The summed E-state index contributed by atoms with van der Waals surface area (Å²) in [5.74, 6) is 0. The second-order valence-corrected chi connectivity index (χ2v) is 4.32. The number of hydrogen-bond acceptors (Lipinski definition) is 2. The molecule has 0 rings (SSSR count). The lowest BCUT2D eigenvalue weighted by atomic mass is 10.0. The van der Waals surface area contributed by atoms with Gasteiger partial charge in [-0.15, -0.1) is 0 Å². The number of rotatable bonds is 6. The first-order valence-electron chi connectivity index (χ1n) is 5.92. The first kappa shape index (κ1) is 14.8. The molecule has 0 radical (unpaired) electrons. The van der Waals surface area contributed by atoms with Crippen LogP contribution in [0.15, 0.2) is 35.7 Å². The maximum Gasteiger partial charge on any atom is 0.00556 e. The molecule has 0 bridgehead atoms. The van der Waals surface area contributed by atoms with Gasteiger partial charge in [0, 0.05) is 28.2 Å². The van der Waals surface area contributed by atoms with Crippen LogP contribution < -0.4 is 0 Å².